The number of nitrogen functional groups attached to an aromatic ring is 1. The van der Waals surface area contributed by atoms with Crippen molar-refractivity contribution < 1.29 is 19.4 Å². The number of para-hydroxylation sites is 1. The molecule has 0 amide bonds. The number of aliphatic carboxylic acids is 1. The quantitative estimate of drug-likeness (QED) is 0.315. The number of rotatable bonds is 9. The van der Waals surface area contributed by atoms with E-state index < -0.39 is 11.6 Å². The average molecular weight is 541 g/mol. The average Bonchev–Trinajstić information content (AvgIpc) is 2.94. The van der Waals surface area contributed by atoms with Crippen LogP contribution >= 0.6 is 0 Å². The topological polar surface area (TPSA) is 127 Å². The van der Waals surface area contributed by atoms with Crippen LogP contribution in [0, 0.1) is 0 Å². The van der Waals surface area contributed by atoms with E-state index in [9.17, 15) is 9.90 Å². The van der Waals surface area contributed by atoms with Crippen molar-refractivity contribution in [2.45, 2.75) is 31.9 Å². The summed E-state index contributed by atoms with van der Waals surface area (Å²) >= 11 is 0. The van der Waals surface area contributed by atoms with Crippen molar-refractivity contribution in [1.82, 2.24) is 15.0 Å². The normalized spacial score (nSPS) is 16.7. The molecule has 1 aliphatic heterocycles. The lowest BCUT2D eigenvalue weighted by Gasteiger charge is -2.41. The molecule has 0 saturated carbocycles. The van der Waals surface area contributed by atoms with Gasteiger partial charge in [-0.25, -0.2) is 4.79 Å². The highest BCUT2D eigenvalue weighted by molar-refractivity contribution is 5.78. The molecule has 0 radical (unpaired) electrons. The number of carboxylic acids is 1. The number of anilines is 3. The molecule has 0 aliphatic carbocycles. The summed E-state index contributed by atoms with van der Waals surface area (Å²) in [5.41, 5.74) is 6.50. The third-order valence-corrected chi connectivity index (χ3v) is 6.87. The summed E-state index contributed by atoms with van der Waals surface area (Å²) in [6.07, 6.45) is 3.82. The van der Waals surface area contributed by atoms with Crippen LogP contribution in [0.15, 0.2) is 85.2 Å². The van der Waals surface area contributed by atoms with Gasteiger partial charge in [0.05, 0.1) is 11.9 Å². The van der Waals surface area contributed by atoms with Crippen LogP contribution in [-0.2, 0) is 11.2 Å². The predicted octanol–water partition coefficient (Wildman–Crippen LogP) is 4.43. The van der Waals surface area contributed by atoms with E-state index in [1.807, 2.05) is 30.5 Å². The van der Waals surface area contributed by atoms with Crippen LogP contribution in [0.2, 0.25) is 0 Å². The third-order valence-electron chi connectivity index (χ3n) is 6.87. The second-order valence-corrected chi connectivity index (χ2v) is 10.00. The number of pyridine rings is 1. The molecule has 0 bridgehead atoms. The first-order chi connectivity index (χ1) is 19.3. The molecule has 2 aromatic carbocycles. The molecule has 2 unspecified atom stereocenters. The largest absolute Gasteiger partial charge is 0.478 e. The summed E-state index contributed by atoms with van der Waals surface area (Å²) in [4.78, 5) is 29.5. The zero-order valence-corrected chi connectivity index (χ0v) is 22.5. The van der Waals surface area contributed by atoms with Crippen LogP contribution in [0.5, 0.6) is 17.4 Å². The van der Waals surface area contributed by atoms with E-state index in [0.29, 0.717) is 23.2 Å². The van der Waals surface area contributed by atoms with Crippen LogP contribution in [0.4, 0.5) is 17.5 Å². The van der Waals surface area contributed by atoms with Crippen molar-refractivity contribution >= 4 is 23.4 Å². The minimum Gasteiger partial charge on any atom is -0.478 e. The summed E-state index contributed by atoms with van der Waals surface area (Å²) in [6.45, 7) is 6.10. The first-order valence-electron chi connectivity index (χ1n) is 13.1. The van der Waals surface area contributed by atoms with Gasteiger partial charge in [-0.05, 0) is 55.8 Å². The maximum atomic E-state index is 12.1. The molecule has 2 atom stereocenters. The molecule has 1 aliphatic rings. The number of nitrogens with two attached hydrogens (primary N) is 1. The van der Waals surface area contributed by atoms with E-state index in [1.54, 1.807) is 55.6 Å². The van der Waals surface area contributed by atoms with Gasteiger partial charge in [0.15, 0.2) is 0 Å². The van der Waals surface area contributed by atoms with E-state index in [0.717, 1.165) is 30.9 Å². The fraction of sp³-hybridized carbons (Fsp3) is 0.267. The Labute approximate surface area is 233 Å². The molecule has 206 valence electrons. The summed E-state index contributed by atoms with van der Waals surface area (Å²) in [5, 5.41) is 9.87. The third kappa shape index (κ3) is 6.23. The van der Waals surface area contributed by atoms with Gasteiger partial charge >= 0.3 is 5.97 Å². The number of carboxylic acid groups (broad SMARTS) is 1. The lowest BCUT2D eigenvalue weighted by Crippen LogP contribution is -2.52. The van der Waals surface area contributed by atoms with Gasteiger partial charge in [-0.1, -0.05) is 30.3 Å². The van der Waals surface area contributed by atoms with E-state index in [4.69, 9.17) is 15.2 Å². The number of aromatic nitrogens is 3. The van der Waals surface area contributed by atoms with Gasteiger partial charge in [0.1, 0.15) is 17.3 Å². The minimum atomic E-state index is -1.43. The molecule has 2 aromatic heterocycles. The van der Waals surface area contributed by atoms with Crippen LogP contribution in [0.25, 0.3) is 0 Å². The first kappa shape index (κ1) is 26.7. The Morgan fingerprint density at radius 1 is 1.05 bits per heavy atom. The maximum Gasteiger partial charge on any atom is 0.348 e. The Morgan fingerprint density at radius 3 is 2.50 bits per heavy atom. The predicted molar refractivity (Wildman–Crippen MR) is 153 cm³/mol. The van der Waals surface area contributed by atoms with Gasteiger partial charge in [0.2, 0.25) is 17.4 Å². The van der Waals surface area contributed by atoms with Crippen LogP contribution in [-0.4, -0.2) is 57.3 Å². The van der Waals surface area contributed by atoms with Crippen LogP contribution < -0.4 is 25.0 Å². The van der Waals surface area contributed by atoms with E-state index in [1.165, 1.54) is 0 Å². The maximum absolute atomic E-state index is 12.1. The number of carbonyl (C=O) groups is 1. The SMILES string of the molecule is CC1CN(c2cccnc2)CCN1c1cc(Oc2ccc(CC(C)(Oc3ccccc3)C(=O)O)cc2)nc(N)n1. The first-order valence-corrected chi connectivity index (χ1v) is 13.1. The number of benzene rings is 2. The van der Waals surface area contributed by atoms with E-state index >= 15 is 0 Å². The smallest absolute Gasteiger partial charge is 0.348 e. The fourth-order valence-electron chi connectivity index (χ4n) is 4.79. The molecular weight excluding hydrogens is 508 g/mol. The molecule has 3 heterocycles. The Hall–Kier alpha value is -4.86. The van der Waals surface area contributed by atoms with Gasteiger partial charge < -0.3 is 30.1 Å². The Kier molecular flexibility index (Phi) is 7.68. The Bertz CT molecular complexity index is 1440. The number of piperazine rings is 1. The molecule has 4 aromatic rings. The number of ether oxygens (including phenoxy) is 2. The number of hydrogen-bond donors (Lipinski definition) is 2. The van der Waals surface area contributed by atoms with Crippen molar-refractivity contribution in [3.8, 4) is 17.4 Å². The minimum absolute atomic E-state index is 0.126. The van der Waals surface area contributed by atoms with Gasteiger partial charge in [-0.15, -0.1) is 0 Å². The standard InChI is InChI=1S/C30H32N6O4/c1-21-20-35(23-7-6-14-32-19-23)15-16-36(21)26-17-27(34-29(31)33-26)39-24-12-10-22(11-13-24)18-30(2,28(37)38)40-25-8-4-3-5-9-25/h3-14,17,19,21H,15-16,18,20H2,1-2H3,(H,37,38)(H2,31,33,34). The van der Waals surface area contributed by atoms with Crippen LogP contribution in [0.1, 0.15) is 19.4 Å². The van der Waals surface area contributed by atoms with Gasteiger partial charge in [-0.2, -0.15) is 9.97 Å². The molecule has 5 rings (SSSR count). The van der Waals surface area contributed by atoms with Crippen molar-refractivity contribution in [2.24, 2.45) is 0 Å². The van der Waals surface area contributed by atoms with Gasteiger partial charge in [-0.3, -0.25) is 4.98 Å². The van der Waals surface area contributed by atoms with Crippen molar-refractivity contribution in [1.29, 1.82) is 0 Å². The fourth-order valence-corrected chi connectivity index (χ4v) is 4.79. The van der Waals surface area contributed by atoms with Crippen molar-refractivity contribution in [2.75, 3.05) is 35.2 Å². The molecular formula is C30H32N6O4. The Morgan fingerprint density at radius 2 is 1.82 bits per heavy atom. The second kappa shape index (κ2) is 11.5. The van der Waals surface area contributed by atoms with Gasteiger partial charge in [0.25, 0.3) is 0 Å². The molecule has 0 spiro atoms. The van der Waals surface area contributed by atoms with Crippen molar-refractivity contribution in [3.05, 3.63) is 90.8 Å². The molecule has 1 saturated heterocycles. The lowest BCUT2D eigenvalue weighted by atomic mass is 9.96. The monoisotopic (exact) mass is 540 g/mol. The lowest BCUT2D eigenvalue weighted by molar-refractivity contribution is -0.153. The molecule has 1 fully saturated rings. The van der Waals surface area contributed by atoms with Gasteiger partial charge in [0, 0.05) is 44.4 Å². The molecule has 3 N–H and O–H groups in total. The number of nitrogens with zero attached hydrogens (tertiary/aromatic N) is 5. The second-order valence-electron chi connectivity index (χ2n) is 10.00. The number of hydrogen-bond acceptors (Lipinski definition) is 9. The molecule has 10 nitrogen and oxygen atoms in total. The zero-order chi connectivity index (χ0) is 28.1. The zero-order valence-electron chi connectivity index (χ0n) is 22.5. The van der Waals surface area contributed by atoms with E-state index in [2.05, 4.69) is 37.7 Å². The summed E-state index contributed by atoms with van der Waals surface area (Å²) in [6, 6.07) is 22.1. The van der Waals surface area contributed by atoms with E-state index in [-0.39, 0.29) is 18.4 Å². The summed E-state index contributed by atoms with van der Waals surface area (Å²) in [5.74, 6) is 1.16. The highest BCUT2D eigenvalue weighted by Crippen LogP contribution is 2.29. The summed E-state index contributed by atoms with van der Waals surface area (Å²) in [7, 11) is 0. The Balaban J connectivity index is 1.26. The molecule has 40 heavy (non-hydrogen) atoms. The highest BCUT2D eigenvalue weighted by Gasteiger charge is 2.36. The highest BCUT2D eigenvalue weighted by atomic mass is 16.5. The summed E-state index contributed by atoms with van der Waals surface area (Å²) < 4.78 is 11.9. The van der Waals surface area contributed by atoms with Crippen molar-refractivity contribution in [3.63, 3.8) is 0 Å². The van der Waals surface area contributed by atoms with Crippen LogP contribution in [0.3, 0.4) is 0 Å². The molecule has 10 heteroatoms.